The third-order valence-electron chi connectivity index (χ3n) is 14.4. The first kappa shape index (κ1) is 68.1. The number of esters is 2. The lowest BCUT2D eigenvalue weighted by atomic mass is 10.0. The van der Waals surface area contributed by atoms with Gasteiger partial charge in [0.1, 0.15) is 6.61 Å². The summed E-state index contributed by atoms with van der Waals surface area (Å²) in [5.41, 5.74) is 0. The number of carbonyl (C=O) groups excluding carboxylic acids is 2. The van der Waals surface area contributed by atoms with Gasteiger partial charge < -0.3 is 14.6 Å². The minimum Gasteiger partial charge on any atom is -0.462 e. The van der Waals surface area contributed by atoms with Crippen LogP contribution in [0.5, 0.6) is 0 Å². The Kier molecular flexibility index (Phi) is 59.8. The molecule has 0 radical (unpaired) electrons. The Hall–Kier alpha value is -1.88. The molecule has 0 aromatic carbocycles. The predicted octanol–water partition coefficient (Wildman–Crippen LogP) is 21.4. The topological polar surface area (TPSA) is 72.8 Å². The Bertz CT molecular complexity index is 1110. The number of unbranched alkanes of at least 4 members (excludes halogenated alkanes) is 45. The van der Waals surface area contributed by atoms with Crippen molar-refractivity contribution in [1.29, 1.82) is 0 Å². The van der Waals surface area contributed by atoms with Gasteiger partial charge in [-0.1, -0.05) is 320 Å². The zero-order valence-electron chi connectivity index (χ0n) is 47.3. The third kappa shape index (κ3) is 58.7. The van der Waals surface area contributed by atoms with E-state index in [1.165, 1.54) is 276 Å². The van der Waals surface area contributed by atoms with Crippen LogP contribution in [0.15, 0.2) is 36.5 Å². The van der Waals surface area contributed by atoms with E-state index >= 15 is 0 Å². The number of aliphatic hydroxyl groups is 1. The second kappa shape index (κ2) is 61.4. The Morgan fingerprint density at radius 2 is 0.571 bits per heavy atom. The van der Waals surface area contributed by atoms with Gasteiger partial charge in [0.15, 0.2) is 6.10 Å². The molecule has 0 aromatic heterocycles. The van der Waals surface area contributed by atoms with Crippen LogP contribution in [0, 0.1) is 0 Å². The maximum absolute atomic E-state index is 12.3. The van der Waals surface area contributed by atoms with Crippen LogP contribution in [0.25, 0.3) is 0 Å². The van der Waals surface area contributed by atoms with Crippen LogP contribution in [0.3, 0.4) is 0 Å². The number of rotatable bonds is 59. The zero-order valence-corrected chi connectivity index (χ0v) is 47.3. The minimum absolute atomic E-state index is 0.0605. The molecular formula is C65H122O5. The first-order valence-electron chi connectivity index (χ1n) is 31.5. The lowest BCUT2D eigenvalue weighted by Crippen LogP contribution is -2.28. The second-order valence-electron chi connectivity index (χ2n) is 21.5. The molecule has 0 saturated heterocycles. The monoisotopic (exact) mass is 983 g/mol. The van der Waals surface area contributed by atoms with Gasteiger partial charge in [0, 0.05) is 12.8 Å². The Balaban J connectivity index is 3.42. The summed E-state index contributed by atoms with van der Waals surface area (Å²) >= 11 is 0. The van der Waals surface area contributed by atoms with E-state index in [9.17, 15) is 14.7 Å². The van der Waals surface area contributed by atoms with Gasteiger partial charge in [0.2, 0.25) is 0 Å². The quantitative estimate of drug-likeness (QED) is 0.0373. The fourth-order valence-corrected chi connectivity index (χ4v) is 9.69. The number of aliphatic hydroxyl groups excluding tert-OH is 1. The van der Waals surface area contributed by atoms with Gasteiger partial charge in [-0.3, -0.25) is 9.59 Å². The van der Waals surface area contributed by atoms with Gasteiger partial charge in [-0.15, -0.1) is 0 Å². The molecule has 5 nitrogen and oxygen atoms in total. The molecule has 0 spiro atoms. The lowest BCUT2D eigenvalue weighted by molar-refractivity contribution is -0.161. The molecule has 1 unspecified atom stereocenters. The van der Waals surface area contributed by atoms with Crippen LogP contribution in [0.2, 0.25) is 0 Å². The molecule has 0 aliphatic rings. The summed E-state index contributed by atoms with van der Waals surface area (Å²) in [6, 6.07) is 0. The van der Waals surface area contributed by atoms with Crippen molar-refractivity contribution in [2.75, 3.05) is 13.2 Å². The number of ether oxygens (including phenoxy) is 2. The van der Waals surface area contributed by atoms with Crippen LogP contribution < -0.4 is 0 Å². The van der Waals surface area contributed by atoms with E-state index in [2.05, 4.69) is 50.3 Å². The molecule has 5 heteroatoms. The normalized spacial score (nSPS) is 12.3. The smallest absolute Gasteiger partial charge is 0.306 e. The maximum Gasteiger partial charge on any atom is 0.306 e. The minimum atomic E-state index is -0.771. The van der Waals surface area contributed by atoms with Gasteiger partial charge in [-0.05, 0) is 51.4 Å². The van der Waals surface area contributed by atoms with Crippen LogP contribution in [0.4, 0.5) is 0 Å². The summed E-state index contributed by atoms with van der Waals surface area (Å²) in [7, 11) is 0. The van der Waals surface area contributed by atoms with Crippen molar-refractivity contribution < 1.29 is 24.2 Å². The summed E-state index contributed by atoms with van der Waals surface area (Å²) in [6.45, 7) is 4.19. The molecule has 70 heavy (non-hydrogen) atoms. The molecule has 0 rings (SSSR count). The number of carbonyl (C=O) groups is 2. The van der Waals surface area contributed by atoms with E-state index in [-0.39, 0.29) is 25.2 Å². The van der Waals surface area contributed by atoms with Gasteiger partial charge in [0.25, 0.3) is 0 Å². The molecule has 1 atom stereocenters. The van der Waals surface area contributed by atoms with Gasteiger partial charge >= 0.3 is 11.9 Å². The highest BCUT2D eigenvalue weighted by Crippen LogP contribution is 2.18. The summed E-state index contributed by atoms with van der Waals surface area (Å²) in [4.78, 5) is 24.6. The van der Waals surface area contributed by atoms with Gasteiger partial charge in [0.05, 0.1) is 6.61 Å². The molecule has 0 aromatic rings. The van der Waals surface area contributed by atoms with E-state index in [1.54, 1.807) is 0 Å². The van der Waals surface area contributed by atoms with Crippen molar-refractivity contribution in [1.82, 2.24) is 0 Å². The largest absolute Gasteiger partial charge is 0.462 e. The molecule has 412 valence electrons. The highest BCUT2D eigenvalue weighted by Gasteiger charge is 2.16. The molecule has 0 heterocycles. The fourth-order valence-electron chi connectivity index (χ4n) is 9.69. The van der Waals surface area contributed by atoms with E-state index in [0.29, 0.717) is 12.8 Å². The zero-order chi connectivity index (χ0) is 50.6. The second-order valence-corrected chi connectivity index (χ2v) is 21.5. The predicted molar refractivity (Wildman–Crippen MR) is 307 cm³/mol. The molecule has 0 aliphatic carbocycles. The number of hydrogen-bond donors (Lipinski definition) is 1. The van der Waals surface area contributed by atoms with E-state index in [1.807, 2.05) is 0 Å². The van der Waals surface area contributed by atoms with Crippen molar-refractivity contribution in [2.24, 2.45) is 0 Å². The van der Waals surface area contributed by atoms with Crippen molar-refractivity contribution in [2.45, 2.75) is 354 Å². The van der Waals surface area contributed by atoms with Crippen molar-refractivity contribution >= 4 is 11.9 Å². The lowest BCUT2D eigenvalue weighted by Gasteiger charge is -2.15. The number of allylic oxidation sites excluding steroid dienone is 6. The van der Waals surface area contributed by atoms with E-state index in [0.717, 1.165) is 44.9 Å². The molecule has 0 fully saturated rings. The SMILES string of the molecule is CCCCCCC/C=C\C/C=C\C/C=C\CCCCCCCCCCCCCCCCC(=O)OC(CO)COC(=O)CCCCCCCCCCCCCCCCCCCCCCCCCCCCC. The van der Waals surface area contributed by atoms with Crippen LogP contribution in [-0.4, -0.2) is 36.4 Å². The van der Waals surface area contributed by atoms with Crippen molar-refractivity contribution in [3.05, 3.63) is 36.5 Å². The molecular weight excluding hydrogens is 861 g/mol. The first-order chi connectivity index (χ1) is 34.6. The summed E-state index contributed by atoms with van der Waals surface area (Å²) in [5, 5.41) is 9.68. The van der Waals surface area contributed by atoms with Gasteiger partial charge in [-0.25, -0.2) is 0 Å². The fraction of sp³-hybridized carbons (Fsp3) is 0.877. The van der Waals surface area contributed by atoms with Crippen LogP contribution in [0.1, 0.15) is 348 Å². The summed E-state index contributed by atoms with van der Waals surface area (Å²) in [6.07, 6.45) is 80.0. The maximum atomic E-state index is 12.3. The highest BCUT2D eigenvalue weighted by molar-refractivity contribution is 5.70. The number of hydrogen-bond acceptors (Lipinski definition) is 5. The Morgan fingerprint density at radius 1 is 0.329 bits per heavy atom. The van der Waals surface area contributed by atoms with Crippen LogP contribution in [-0.2, 0) is 19.1 Å². The van der Waals surface area contributed by atoms with Crippen molar-refractivity contribution in [3.8, 4) is 0 Å². The molecule has 0 aliphatic heterocycles. The molecule has 0 bridgehead atoms. The Morgan fingerprint density at radius 3 is 0.857 bits per heavy atom. The summed E-state index contributed by atoms with van der Waals surface area (Å²) < 4.78 is 10.7. The van der Waals surface area contributed by atoms with Crippen LogP contribution >= 0.6 is 0 Å². The highest BCUT2D eigenvalue weighted by atomic mass is 16.6. The summed E-state index contributed by atoms with van der Waals surface area (Å²) in [5.74, 6) is -0.571. The Labute approximate surface area is 437 Å². The third-order valence-corrected chi connectivity index (χ3v) is 14.4. The van der Waals surface area contributed by atoms with Crippen molar-refractivity contribution in [3.63, 3.8) is 0 Å². The molecule has 1 N–H and O–H groups in total. The average molecular weight is 984 g/mol. The molecule has 0 saturated carbocycles. The standard InChI is InChI=1S/C65H122O5/c1-3-5-7-9-11-13-15-17-19-21-23-25-27-29-31-32-34-36-38-40-42-44-46-48-50-52-54-56-58-60-65(68)70-63(61-66)62-69-64(67)59-57-55-53-51-49-47-45-43-41-39-37-35-33-30-28-26-24-22-20-18-16-14-12-10-8-6-4-2/h15,17,21,23,27,29,63,66H,3-14,16,18-20,22,24-26,28,30-62H2,1-2H3/b17-15-,23-21-,29-27-. The molecule has 0 amide bonds. The van der Waals surface area contributed by atoms with E-state index in [4.69, 9.17) is 9.47 Å². The average Bonchev–Trinajstić information content (AvgIpc) is 3.36. The van der Waals surface area contributed by atoms with E-state index < -0.39 is 6.10 Å². The van der Waals surface area contributed by atoms with Gasteiger partial charge in [-0.2, -0.15) is 0 Å². The first-order valence-corrected chi connectivity index (χ1v) is 31.5.